The lowest BCUT2D eigenvalue weighted by Gasteiger charge is -2.46. The number of aliphatic hydroxyl groups is 8. The lowest BCUT2D eigenvalue weighted by molar-refractivity contribution is -0.353. The van der Waals surface area contributed by atoms with Gasteiger partial charge in [-0.3, -0.25) is 4.79 Å². The number of hydrogen-bond acceptors (Lipinski definition) is 14. The third-order valence-corrected chi connectivity index (χ3v) is 6.30. The lowest BCUT2D eigenvalue weighted by atomic mass is 9.97. The third kappa shape index (κ3) is 6.45. The van der Waals surface area contributed by atoms with Gasteiger partial charge in [-0.25, -0.2) is 0 Å². The number of rotatable bonds is 7. The van der Waals surface area contributed by atoms with E-state index in [1.54, 1.807) is 0 Å². The molecule has 3 aliphatic rings. The minimum absolute atomic E-state index is 0.00196. The largest absolute Gasteiger partial charge is 0.394 e. The van der Waals surface area contributed by atoms with E-state index in [0.717, 1.165) is 0 Å². The molecule has 3 fully saturated rings. The Labute approximate surface area is 200 Å². The molecule has 15 heteroatoms. The molecular weight excluding hydrogens is 478 g/mol. The summed E-state index contributed by atoms with van der Waals surface area (Å²) in [5.74, 6) is -0.502. The minimum Gasteiger partial charge on any atom is -0.394 e. The van der Waals surface area contributed by atoms with Gasteiger partial charge in [0.25, 0.3) is 0 Å². The highest BCUT2D eigenvalue weighted by molar-refractivity contribution is 5.73. The highest BCUT2D eigenvalue weighted by atomic mass is 16.8. The van der Waals surface area contributed by atoms with E-state index >= 15 is 0 Å². The fourth-order valence-corrected chi connectivity index (χ4v) is 4.25. The van der Waals surface area contributed by atoms with Crippen LogP contribution < -0.4 is 5.32 Å². The van der Waals surface area contributed by atoms with Gasteiger partial charge in [0, 0.05) is 13.3 Å². The molecule has 0 saturated carbocycles. The molecular formula is C20H35NO14. The van der Waals surface area contributed by atoms with Crippen molar-refractivity contribution >= 4 is 5.91 Å². The average molecular weight is 513 g/mol. The summed E-state index contributed by atoms with van der Waals surface area (Å²) in [7, 11) is 0. The minimum atomic E-state index is -1.79. The van der Waals surface area contributed by atoms with Crippen LogP contribution in [-0.4, -0.2) is 146 Å². The van der Waals surface area contributed by atoms with Gasteiger partial charge in [0.05, 0.1) is 31.5 Å². The van der Waals surface area contributed by atoms with Gasteiger partial charge in [0.1, 0.15) is 48.8 Å². The highest BCUT2D eigenvalue weighted by Crippen LogP contribution is 2.30. The predicted octanol–water partition coefficient (Wildman–Crippen LogP) is -5.37. The molecule has 3 heterocycles. The number of nitrogens with one attached hydrogen (secondary N) is 1. The van der Waals surface area contributed by atoms with Crippen molar-refractivity contribution < 1.29 is 69.3 Å². The van der Waals surface area contributed by atoms with Crippen molar-refractivity contribution in [3.8, 4) is 0 Å². The van der Waals surface area contributed by atoms with E-state index in [2.05, 4.69) is 5.32 Å². The molecule has 0 unspecified atom stereocenters. The van der Waals surface area contributed by atoms with Crippen LogP contribution >= 0.6 is 0 Å². The number of hydrogen-bond donors (Lipinski definition) is 9. The van der Waals surface area contributed by atoms with Crippen LogP contribution in [0.5, 0.6) is 0 Å². The van der Waals surface area contributed by atoms with Crippen LogP contribution in [0.15, 0.2) is 0 Å². The maximum absolute atomic E-state index is 11.6. The molecule has 3 aliphatic heterocycles. The Morgan fingerprint density at radius 2 is 1.60 bits per heavy atom. The second-order valence-electron chi connectivity index (χ2n) is 9.00. The Kier molecular flexibility index (Phi) is 9.78. The molecule has 0 aliphatic carbocycles. The maximum atomic E-state index is 11.6. The number of aliphatic hydroxyl groups excluding tert-OH is 8. The Morgan fingerprint density at radius 1 is 0.914 bits per heavy atom. The van der Waals surface area contributed by atoms with Crippen LogP contribution in [0.3, 0.4) is 0 Å². The molecule has 3 saturated heterocycles. The van der Waals surface area contributed by atoms with Gasteiger partial charge in [-0.15, -0.1) is 0 Å². The van der Waals surface area contributed by atoms with E-state index in [0.29, 0.717) is 0 Å². The quantitative estimate of drug-likeness (QED) is 0.155. The van der Waals surface area contributed by atoms with Crippen molar-refractivity contribution in [1.82, 2.24) is 5.32 Å². The normalized spacial score (nSPS) is 49.0. The second kappa shape index (κ2) is 12.0. The summed E-state index contributed by atoms with van der Waals surface area (Å²) in [4.78, 5) is 11.6. The van der Waals surface area contributed by atoms with Crippen molar-refractivity contribution in [3.63, 3.8) is 0 Å². The van der Waals surface area contributed by atoms with Crippen molar-refractivity contribution in [3.05, 3.63) is 0 Å². The molecule has 0 bridgehead atoms. The van der Waals surface area contributed by atoms with Crippen molar-refractivity contribution in [2.75, 3.05) is 13.2 Å². The van der Waals surface area contributed by atoms with Crippen LogP contribution in [0.2, 0.25) is 0 Å². The monoisotopic (exact) mass is 513 g/mol. The summed E-state index contributed by atoms with van der Waals surface area (Å²) in [5.41, 5.74) is 0. The Morgan fingerprint density at radius 3 is 2.23 bits per heavy atom. The maximum Gasteiger partial charge on any atom is 0.217 e. The molecule has 0 aromatic heterocycles. The first-order valence-corrected chi connectivity index (χ1v) is 11.3. The first kappa shape index (κ1) is 28.5. The summed E-state index contributed by atoms with van der Waals surface area (Å²) in [6, 6.07) is -1.09. The van der Waals surface area contributed by atoms with E-state index < -0.39 is 105 Å². The van der Waals surface area contributed by atoms with Crippen LogP contribution in [0.1, 0.15) is 20.3 Å². The van der Waals surface area contributed by atoms with Gasteiger partial charge >= 0.3 is 0 Å². The van der Waals surface area contributed by atoms with E-state index in [9.17, 15) is 45.6 Å². The van der Waals surface area contributed by atoms with Gasteiger partial charge in [0.15, 0.2) is 18.9 Å². The van der Waals surface area contributed by atoms with Gasteiger partial charge < -0.3 is 69.9 Å². The average Bonchev–Trinajstić information content (AvgIpc) is 2.81. The van der Waals surface area contributed by atoms with Gasteiger partial charge in [-0.2, -0.15) is 0 Å². The third-order valence-electron chi connectivity index (χ3n) is 6.30. The molecule has 204 valence electrons. The summed E-state index contributed by atoms with van der Waals surface area (Å²) < 4.78 is 27.7. The van der Waals surface area contributed by atoms with Gasteiger partial charge in [-0.05, 0) is 6.92 Å². The number of ether oxygens (including phenoxy) is 5. The summed E-state index contributed by atoms with van der Waals surface area (Å²) in [6.45, 7) is 1.72. The summed E-state index contributed by atoms with van der Waals surface area (Å²) >= 11 is 0. The molecule has 1 amide bonds. The molecule has 14 atom stereocenters. The van der Waals surface area contributed by atoms with E-state index in [1.807, 2.05) is 0 Å². The molecule has 0 spiro atoms. The molecule has 0 radical (unpaired) electrons. The molecule has 9 N–H and O–H groups in total. The smallest absolute Gasteiger partial charge is 0.217 e. The van der Waals surface area contributed by atoms with Crippen LogP contribution in [0.4, 0.5) is 0 Å². The fourth-order valence-electron chi connectivity index (χ4n) is 4.25. The zero-order valence-corrected chi connectivity index (χ0v) is 19.2. The van der Waals surface area contributed by atoms with Crippen molar-refractivity contribution in [2.45, 2.75) is 106 Å². The zero-order chi connectivity index (χ0) is 26.0. The Bertz CT molecular complexity index is 701. The van der Waals surface area contributed by atoms with Crippen LogP contribution in [-0.2, 0) is 28.5 Å². The molecule has 0 aromatic carbocycles. The summed E-state index contributed by atoms with van der Waals surface area (Å²) in [5, 5.41) is 82.7. The zero-order valence-electron chi connectivity index (χ0n) is 19.2. The lowest BCUT2D eigenvalue weighted by Crippen LogP contribution is -2.64. The molecule has 3 rings (SSSR count). The molecule has 15 nitrogen and oxygen atoms in total. The van der Waals surface area contributed by atoms with Crippen LogP contribution in [0.25, 0.3) is 0 Å². The van der Waals surface area contributed by atoms with Gasteiger partial charge in [-0.1, -0.05) is 0 Å². The first-order valence-electron chi connectivity index (χ1n) is 11.3. The Hall–Kier alpha value is -1.05. The molecule has 35 heavy (non-hydrogen) atoms. The predicted molar refractivity (Wildman–Crippen MR) is 110 cm³/mol. The van der Waals surface area contributed by atoms with Gasteiger partial charge in [0.2, 0.25) is 5.91 Å². The fraction of sp³-hybridized carbons (Fsp3) is 0.950. The van der Waals surface area contributed by atoms with E-state index in [1.165, 1.54) is 13.8 Å². The Balaban J connectivity index is 1.75. The summed E-state index contributed by atoms with van der Waals surface area (Å²) in [6.07, 6.45) is -18.4. The number of carbonyl (C=O) groups excluding carboxylic acids is 1. The first-order chi connectivity index (χ1) is 16.4. The van der Waals surface area contributed by atoms with E-state index in [-0.39, 0.29) is 6.42 Å². The topological polar surface area (TPSA) is 237 Å². The second-order valence-corrected chi connectivity index (χ2v) is 9.00. The van der Waals surface area contributed by atoms with Crippen LogP contribution in [0, 0.1) is 0 Å². The number of carbonyl (C=O) groups is 1. The number of amides is 1. The van der Waals surface area contributed by atoms with Crippen molar-refractivity contribution in [2.24, 2.45) is 0 Å². The van der Waals surface area contributed by atoms with Crippen molar-refractivity contribution in [1.29, 1.82) is 0 Å². The highest BCUT2D eigenvalue weighted by Gasteiger charge is 2.50. The molecule has 0 aromatic rings. The van der Waals surface area contributed by atoms with E-state index in [4.69, 9.17) is 23.7 Å². The standard InChI is InChI=1S/C20H35NO14/c1-6-12(25)15(28)17(35-19-11(21-7(2)23)9(24)3-8(4-22)33-19)20(32-6)31-5-10-13(26)14(27)16(29)18(30)34-10/h6,8-20,22,24-30H,3-5H2,1-2H3,(H,21,23)/t6-,8+,9+,10-,11+,12-,13-,14+,15+,16+,17+,18+,19+,20-/m1/s1. The SMILES string of the molecule is CC(=O)N[C@@H]1[C@H](O[C@@H]2[C@H](OC[C@H]3O[C@H](O)[C@@H](O)[C@@H](O)[C@@H]3O)O[C@H](C)[C@@H](O)[C@@H]2O)O[C@H](CO)C[C@@H]1O.